The summed E-state index contributed by atoms with van der Waals surface area (Å²) in [7, 11) is 0. The van der Waals surface area contributed by atoms with Crippen molar-refractivity contribution in [1.82, 2.24) is 14.6 Å². The van der Waals surface area contributed by atoms with E-state index in [9.17, 15) is 0 Å². The third-order valence-electron chi connectivity index (χ3n) is 0.747. The Morgan fingerprint density at radius 2 is 2.22 bits per heavy atom. The van der Waals surface area contributed by atoms with E-state index in [0.717, 1.165) is 4.53 Å². The first-order chi connectivity index (χ1) is 4.18. The number of hydrazine groups is 2. The van der Waals surface area contributed by atoms with Crippen LogP contribution in [0.25, 0.3) is 0 Å². The number of hydrogen-bond donors (Lipinski definition) is 1. The van der Waals surface area contributed by atoms with Crippen LogP contribution < -0.4 is 5.53 Å². The largest absolute Gasteiger partial charge is 0.209 e. The minimum absolute atomic E-state index is 0.451. The molecule has 0 bridgehead atoms. The molecular weight excluding hydrogens is 184 g/mol. The molecule has 1 N–H and O–H groups in total. The molecule has 6 heteroatoms. The minimum Gasteiger partial charge on any atom is -0.209 e. The molecule has 0 saturated carbocycles. The van der Waals surface area contributed by atoms with E-state index in [1.54, 1.807) is 0 Å². The lowest BCUT2D eigenvalue weighted by Crippen LogP contribution is -2.41. The molecule has 9 heavy (non-hydrogen) atoms. The first-order valence-electron chi connectivity index (χ1n) is 2.19. The SMILES string of the molecule is ClC1=CN(Cl)NN(Cl)C1. The van der Waals surface area contributed by atoms with Crippen LogP contribution in [0.1, 0.15) is 0 Å². The van der Waals surface area contributed by atoms with E-state index < -0.39 is 0 Å². The quantitative estimate of drug-likeness (QED) is 0.580. The zero-order valence-corrected chi connectivity index (χ0v) is 6.58. The summed E-state index contributed by atoms with van der Waals surface area (Å²) in [6.45, 7) is 0.451. The second-order valence-corrected chi connectivity index (χ2v) is 2.77. The van der Waals surface area contributed by atoms with Crippen LogP contribution in [-0.2, 0) is 0 Å². The molecular formula is C3H4Cl3N3. The van der Waals surface area contributed by atoms with Crippen molar-refractivity contribution in [1.29, 1.82) is 0 Å². The molecule has 0 radical (unpaired) electrons. The first kappa shape index (κ1) is 7.44. The van der Waals surface area contributed by atoms with E-state index in [2.05, 4.69) is 5.53 Å². The van der Waals surface area contributed by atoms with Crippen molar-refractivity contribution < 1.29 is 0 Å². The van der Waals surface area contributed by atoms with E-state index in [4.69, 9.17) is 35.2 Å². The molecule has 0 aromatic carbocycles. The summed E-state index contributed by atoms with van der Waals surface area (Å²) in [6, 6.07) is 0. The highest BCUT2D eigenvalue weighted by molar-refractivity contribution is 6.30. The monoisotopic (exact) mass is 187 g/mol. The summed E-state index contributed by atoms with van der Waals surface area (Å²) >= 11 is 16.5. The normalized spacial score (nSPS) is 22.1. The van der Waals surface area contributed by atoms with Gasteiger partial charge in [-0.15, -0.1) is 10.1 Å². The van der Waals surface area contributed by atoms with Gasteiger partial charge in [0.25, 0.3) is 0 Å². The standard InChI is InChI=1S/C3H4Cl3N3/c4-3-1-8(5)7-9(6)2-3/h1,7H,2H2. The fourth-order valence-electron chi connectivity index (χ4n) is 0.464. The lowest BCUT2D eigenvalue weighted by molar-refractivity contribution is 0.216. The molecule has 3 nitrogen and oxygen atoms in total. The molecule has 1 aliphatic heterocycles. The van der Waals surface area contributed by atoms with Crippen LogP contribution >= 0.6 is 35.2 Å². The molecule has 0 fully saturated rings. The lowest BCUT2D eigenvalue weighted by atomic mass is 10.6. The summed E-state index contributed by atoms with van der Waals surface area (Å²) in [4.78, 5) is 0. The number of halogens is 3. The van der Waals surface area contributed by atoms with E-state index >= 15 is 0 Å². The second kappa shape index (κ2) is 2.94. The lowest BCUT2D eigenvalue weighted by Gasteiger charge is -2.24. The molecule has 1 heterocycles. The molecule has 0 unspecified atom stereocenters. The van der Waals surface area contributed by atoms with Gasteiger partial charge in [-0.05, 0) is 11.8 Å². The van der Waals surface area contributed by atoms with Crippen LogP contribution in [-0.4, -0.2) is 15.6 Å². The molecule has 0 spiro atoms. The first-order valence-corrected chi connectivity index (χ1v) is 3.25. The summed E-state index contributed by atoms with van der Waals surface area (Å²) in [5.41, 5.74) is 2.55. The van der Waals surface area contributed by atoms with Crippen LogP contribution in [0.2, 0.25) is 0 Å². The highest BCUT2D eigenvalue weighted by Crippen LogP contribution is 2.12. The van der Waals surface area contributed by atoms with Gasteiger partial charge in [0.1, 0.15) is 0 Å². The molecule has 52 valence electrons. The highest BCUT2D eigenvalue weighted by atomic mass is 35.5. The van der Waals surface area contributed by atoms with Crippen LogP contribution in [0.3, 0.4) is 0 Å². The fraction of sp³-hybridized carbons (Fsp3) is 0.333. The Kier molecular flexibility index (Phi) is 2.43. The Morgan fingerprint density at radius 3 is 2.67 bits per heavy atom. The molecule has 0 saturated heterocycles. The predicted octanol–water partition coefficient (Wildman–Crippen LogP) is 1.41. The van der Waals surface area contributed by atoms with E-state index in [-0.39, 0.29) is 0 Å². The summed E-state index contributed by atoms with van der Waals surface area (Å²) in [5, 5.41) is 0.582. The molecule has 0 aromatic rings. The van der Waals surface area contributed by atoms with Crippen LogP contribution in [0, 0.1) is 0 Å². The van der Waals surface area contributed by atoms with Crippen molar-refractivity contribution >= 4 is 35.2 Å². The van der Waals surface area contributed by atoms with E-state index in [1.165, 1.54) is 10.7 Å². The molecule has 1 rings (SSSR count). The van der Waals surface area contributed by atoms with Crippen LogP contribution in [0.4, 0.5) is 0 Å². The Balaban J connectivity index is 2.56. The number of rotatable bonds is 0. The van der Waals surface area contributed by atoms with Crippen molar-refractivity contribution in [3.63, 3.8) is 0 Å². The van der Waals surface area contributed by atoms with Crippen molar-refractivity contribution in [2.75, 3.05) is 6.54 Å². The van der Waals surface area contributed by atoms with Crippen molar-refractivity contribution in [3.05, 3.63) is 11.2 Å². The van der Waals surface area contributed by atoms with Crippen molar-refractivity contribution in [3.8, 4) is 0 Å². The Bertz CT molecular complexity index is 136. The third kappa shape index (κ3) is 2.20. The van der Waals surface area contributed by atoms with Crippen LogP contribution in [0.5, 0.6) is 0 Å². The highest BCUT2D eigenvalue weighted by Gasteiger charge is 2.11. The van der Waals surface area contributed by atoms with Gasteiger partial charge < -0.3 is 0 Å². The molecule has 1 aliphatic rings. The van der Waals surface area contributed by atoms with Crippen molar-refractivity contribution in [2.24, 2.45) is 0 Å². The van der Waals surface area contributed by atoms with E-state index in [1.807, 2.05) is 0 Å². The predicted molar refractivity (Wildman–Crippen MR) is 37.3 cm³/mol. The maximum atomic E-state index is 5.58. The van der Waals surface area contributed by atoms with Gasteiger partial charge in [-0.25, -0.2) is 4.53 Å². The molecule has 0 atom stereocenters. The van der Waals surface area contributed by atoms with Crippen molar-refractivity contribution in [2.45, 2.75) is 0 Å². The van der Waals surface area contributed by atoms with Gasteiger partial charge in [-0.1, -0.05) is 11.6 Å². The average molecular weight is 188 g/mol. The van der Waals surface area contributed by atoms with Gasteiger partial charge in [0, 0.05) is 11.8 Å². The number of nitrogens with zero attached hydrogens (tertiary/aromatic N) is 2. The topological polar surface area (TPSA) is 18.5 Å². The van der Waals surface area contributed by atoms with Gasteiger partial charge >= 0.3 is 0 Å². The smallest absolute Gasteiger partial charge is 0.0688 e. The summed E-state index contributed by atoms with van der Waals surface area (Å²) < 4.78 is 2.40. The third-order valence-corrected chi connectivity index (χ3v) is 1.33. The number of nitrogens with one attached hydrogen (secondary N) is 1. The average Bonchev–Trinajstić information content (AvgIpc) is 1.59. The molecule has 0 amide bonds. The summed E-state index contributed by atoms with van der Waals surface area (Å²) in [5.74, 6) is 0. The zero-order valence-electron chi connectivity index (χ0n) is 4.31. The second-order valence-electron chi connectivity index (χ2n) is 1.51. The van der Waals surface area contributed by atoms with Gasteiger partial charge in [-0.3, -0.25) is 0 Å². The minimum atomic E-state index is 0.451. The summed E-state index contributed by atoms with van der Waals surface area (Å²) in [6.07, 6.45) is 1.53. The van der Waals surface area contributed by atoms with E-state index in [0.29, 0.717) is 11.6 Å². The fourth-order valence-corrected chi connectivity index (χ4v) is 1.25. The Morgan fingerprint density at radius 1 is 1.56 bits per heavy atom. The van der Waals surface area contributed by atoms with Gasteiger partial charge in [0.05, 0.1) is 17.8 Å². The Labute approximate surface area is 67.9 Å². The number of hydrogen-bond acceptors (Lipinski definition) is 3. The van der Waals surface area contributed by atoms with Gasteiger partial charge in [0.15, 0.2) is 0 Å². The zero-order chi connectivity index (χ0) is 6.85. The van der Waals surface area contributed by atoms with Gasteiger partial charge in [0.2, 0.25) is 0 Å². The maximum absolute atomic E-state index is 5.58. The van der Waals surface area contributed by atoms with Gasteiger partial charge in [-0.2, -0.15) is 0 Å². The maximum Gasteiger partial charge on any atom is 0.0688 e. The Hall–Kier alpha value is 0.330. The molecule has 0 aromatic heterocycles. The van der Waals surface area contributed by atoms with Crippen LogP contribution in [0.15, 0.2) is 11.2 Å². The molecule has 0 aliphatic carbocycles.